The van der Waals surface area contributed by atoms with Crippen molar-refractivity contribution in [3.8, 4) is 5.75 Å². The second-order valence-electron chi connectivity index (χ2n) is 6.32. The highest BCUT2D eigenvalue weighted by atomic mass is 16.5. The maximum atomic E-state index is 13.0. The summed E-state index contributed by atoms with van der Waals surface area (Å²) < 4.78 is 12.4. The summed E-state index contributed by atoms with van der Waals surface area (Å²) in [4.78, 5) is 30.1. The average molecular weight is 362 g/mol. The minimum absolute atomic E-state index is 0.00553. The van der Waals surface area contributed by atoms with Gasteiger partial charge in [0.25, 0.3) is 5.56 Å². The van der Waals surface area contributed by atoms with Crippen molar-refractivity contribution in [2.75, 3.05) is 7.11 Å². The highest BCUT2D eigenvalue weighted by Crippen LogP contribution is 2.16. The quantitative estimate of drug-likeness (QED) is 0.522. The summed E-state index contributed by atoms with van der Waals surface area (Å²) in [6.45, 7) is 2.16. The topological polar surface area (TPSA) is 74.3 Å². The van der Waals surface area contributed by atoms with Crippen molar-refractivity contribution >= 4 is 22.1 Å². The van der Waals surface area contributed by atoms with Crippen LogP contribution in [0.5, 0.6) is 5.75 Å². The molecule has 0 aliphatic heterocycles. The Kier molecular flexibility index (Phi) is 4.24. The number of para-hydroxylation sites is 1. The fourth-order valence-corrected chi connectivity index (χ4v) is 3.18. The fourth-order valence-electron chi connectivity index (χ4n) is 3.18. The van der Waals surface area contributed by atoms with Crippen LogP contribution < -0.4 is 15.7 Å². The number of fused-ring (bicyclic) bond motifs is 2. The van der Waals surface area contributed by atoms with Crippen molar-refractivity contribution in [2.45, 2.75) is 19.9 Å². The molecule has 6 nitrogen and oxygen atoms in total. The largest absolute Gasteiger partial charge is 0.497 e. The Balaban J connectivity index is 1.78. The monoisotopic (exact) mass is 362 g/mol. The smallest absolute Gasteiger partial charge is 0.268 e. The van der Waals surface area contributed by atoms with E-state index in [0.29, 0.717) is 29.8 Å². The number of rotatable bonds is 4. The molecule has 0 N–H and O–H groups in total. The van der Waals surface area contributed by atoms with Gasteiger partial charge in [0, 0.05) is 6.54 Å². The third-order valence-electron chi connectivity index (χ3n) is 4.68. The number of ether oxygens (including phenoxy) is 1. The maximum absolute atomic E-state index is 13.0. The Morgan fingerprint density at radius 1 is 1.07 bits per heavy atom. The summed E-state index contributed by atoms with van der Waals surface area (Å²) in [6.07, 6.45) is 0.636. The Morgan fingerprint density at radius 2 is 1.81 bits per heavy atom. The molecule has 0 radical (unpaired) electrons. The van der Waals surface area contributed by atoms with Gasteiger partial charge in [0.2, 0.25) is 11.1 Å². The van der Waals surface area contributed by atoms with Gasteiger partial charge in [-0.3, -0.25) is 14.2 Å². The summed E-state index contributed by atoms with van der Waals surface area (Å²) in [5, 5.41) is 0.378. The molecule has 2 aromatic carbocycles. The lowest BCUT2D eigenvalue weighted by Crippen LogP contribution is -2.28. The van der Waals surface area contributed by atoms with Crippen molar-refractivity contribution in [1.29, 1.82) is 0 Å². The second kappa shape index (κ2) is 6.72. The summed E-state index contributed by atoms with van der Waals surface area (Å²) in [6, 6.07) is 14.5. The predicted octanol–water partition coefficient (Wildman–Crippen LogP) is 3.06. The van der Waals surface area contributed by atoms with Gasteiger partial charge in [-0.25, -0.2) is 0 Å². The van der Waals surface area contributed by atoms with E-state index in [1.165, 1.54) is 4.57 Å². The zero-order valence-corrected chi connectivity index (χ0v) is 15.1. The molecule has 2 heterocycles. The number of nitrogens with zero attached hydrogens (tertiary/aromatic N) is 2. The first-order valence-electron chi connectivity index (χ1n) is 8.64. The number of benzene rings is 2. The first-order valence-corrected chi connectivity index (χ1v) is 8.64. The molecule has 0 amide bonds. The molecule has 0 aliphatic carbocycles. The van der Waals surface area contributed by atoms with Crippen molar-refractivity contribution in [2.24, 2.45) is 0 Å². The maximum Gasteiger partial charge on any atom is 0.268 e. The lowest BCUT2D eigenvalue weighted by Gasteiger charge is -2.11. The molecule has 2 aromatic heterocycles. The Bertz CT molecular complexity index is 1250. The Hall–Kier alpha value is -3.41. The van der Waals surface area contributed by atoms with E-state index in [1.807, 2.05) is 24.3 Å². The van der Waals surface area contributed by atoms with E-state index in [9.17, 15) is 9.59 Å². The van der Waals surface area contributed by atoms with E-state index in [1.54, 1.807) is 38.3 Å². The number of hydrogen-bond donors (Lipinski definition) is 0. The summed E-state index contributed by atoms with van der Waals surface area (Å²) in [5.41, 5.74) is 0.861. The molecule has 0 saturated heterocycles. The Labute approximate surface area is 154 Å². The normalized spacial score (nSPS) is 11.2. The lowest BCUT2D eigenvalue weighted by molar-refractivity contribution is 0.414. The van der Waals surface area contributed by atoms with Gasteiger partial charge in [-0.15, -0.1) is 0 Å². The molecule has 0 aliphatic rings. The molecule has 27 heavy (non-hydrogen) atoms. The third kappa shape index (κ3) is 2.99. The van der Waals surface area contributed by atoms with Crippen LogP contribution in [0.1, 0.15) is 11.4 Å². The van der Waals surface area contributed by atoms with Crippen LogP contribution >= 0.6 is 0 Å². The molecule has 0 spiro atoms. The number of aryl methyl sites for hydroxylation is 2. The molecule has 0 fully saturated rings. The fraction of sp³-hybridized carbons (Fsp3) is 0.190. The average Bonchev–Trinajstić information content (AvgIpc) is 2.68. The van der Waals surface area contributed by atoms with E-state index in [-0.39, 0.29) is 22.1 Å². The van der Waals surface area contributed by atoms with Gasteiger partial charge in [-0.05, 0) is 43.2 Å². The number of hydrogen-bond acceptors (Lipinski definition) is 5. The predicted molar refractivity (Wildman–Crippen MR) is 103 cm³/mol. The molecule has 136 valence electrons. The molecule has 4 rings (SSSR count). The zero-order chi connectivity index (χ0) is 19.0. The minimum Gasteiger partial charge on any atom is -0.497 e. The highest BCUT2D eigenvalue weighted by molar-refractivity contribution is 5.87. The van der Waals surface area contributed by atoms with Gasteiger partial charge >= 0.3 is 0 Å². The van der Waals surface area contributed by atoms with Gasteiger partial charge in [0.05, 0.1) is 12.5 Å². The van der Waals surface area contributed by atoms with Gasteiger partial charge in [-0.1, -0.05) is 24.3 Å². The lowest BCUT2D eigenvalue weighted by atomic mass is 10.1. The third-order valence-corrected chi connectivity index (χ3v) is 4.68. The summed E-state index contributed by atoms with van der Waals surface area (Å²) >= 11 is 0. The van der Waals surface area contributed by atoms with Gasteiger partial charge in [-0.2, -0.15) is 4.98 Å². The molecule has 0 saturated carbocycles. The highest BCUT2D eigenvalue weighted by Gasteiger charge is 2.16. The van der Waals surface area contributed by atoms with E-state index < -0.39 is 0 Å². The van der Waals surface area contributed by atoms with Crippen molar-refractivity contribution < 1.29 is 9.15 Å². The summed E-state index contributed by atoms with van der Waals surface area (Å²) in [7, 11) is 1.62. The van der Waals surface area contributed by atoms with E-state index in [0.717, 1.165) is 11.3 Å². The standard InChI is InChI=1S/C21H18N2O4/c1-13-22-20-18(19(24)16-5-3-4-6-17(16)27-20)21(25)23(13)12-11-14-7-9-15(26-2)10-8-14/h3-10H,11-12H2,1-2H3. The van der Waals surface area contributed by atoms with Gasteiger partial charge in [0.1, 0.15) is 17.2 Å². The van der Waals surface area contributed by atoms with E-state index in [2.05, 4.69) is 4.98 Å². The first kappa shape index (κ1) is 17.0. The van der Waals surface area contributed by atoms with Crippen molar-refractivity contribution in [3.63, 3.8) is 0 Å². The van der Waals surface area contributed by atoms with Gasteiger partial charge < -0.3 is 9.15 Å². The van der Waals surface area contributed by atoms with Crippen molar-refractivity contribution in [1.82, 2.24) is 9.55 Å². The van der Waals surface area contributed by atoms with Crippen LogP contribution in [0.4, 0.5) is 0 Å². The summed E-state index contributed by atoms with van der Waals surface area (Å²) in [5.74, 6) is 1.29. The van der Waals surface area contributed by atoms with Crippen LogP contribution in [0.3, 0.4) is 0 Å². The number of methoxy groups -OCH3 is 1. The SMILES string of the molecule is COc1ccc(CCn2c(C)nc3oc4ccccc4c(=O)c3c2=O)cc1. The van der Waals surface area contributed by atoms with Crippen LogP contribution in [-0.2, 0) is 13.0 Å². The molecule has 0 bridgehead atoms. The molecule has 6 heteroatoms. The number of aromatic nitrogens is 2. The van der Waals surface area contributed by atoms with Crippen LogP contribution in [-0.4, -0.2) is 16.7 Å². The minimum atomic E-state index is -0.370. The van der Waals surface area contributed by atoms with E-state index >= 15 is 0 Å². The van der Waals surface area contributed by atoms with Crippen LogP contribution in [0.2, 0.25) is 0 Å². The van der Waals surface area contributed by atoms with Crippen LogP contribution in [0.25, 0.3) is 22.1 Å². The Morgan fingerprint density at radius 3 is 2.56 bits per heavy atom. The molecular formula is C21H18N2O4. The van der Waals surface area contributed by atoms with Crippen molar-refractivity contribution in [3.05, 3.63) is 80.5 Å². The van der Waals surface area contributed by atoms with Gasteiger partial charge in [0.15, 0.2) is 5.39 Å². The van der Waals surface area contributed by atoms with Crippen LogP contribution in [0, 0.1) is 6.92 Å². The first-order chi connectivity index (χ1) is 13.1. The molecule has 0 unspecified atom stereocenters. The van der Waals surface area contributed by atoms with E-state index in [4.69, 9.17) is 9.15 Å². The molecular weight excluding hydrogens is 344 g/mol. The molecule has 0 atom stereocenters. The van der Waals surface area contributed by atoms with Crippen LogP contribution in [0.15, 0.2) is 62.5 Å². The molecule has 4 aromatic rings. The second-order valence-corrected chi connectivity index (χ2v) is 6.32. The zero-order valence-electron chi connectivity index (χ0n) is 15.1.